The molecule has 0 aliphatic carbocycles. The van der Waals surface area contributed by atoms with Crippen molar-refractivity contribution in [3.63, 3.8) is 0 Å². The van der Waals surface area contributed by atoms with Gasteiger partial charge >= 0.3 is 0 Å². The first-order valence-electron chi connectivity index (χ1n) is 6.48. The standard InChI is InChI=1S/C15H20N2O4/c1-6-15(2,9-16)17-14(18)10-7-12(20-4)13(21-5)8-11(10)19-3/h7-8H,6H2,1-5H3,(H,17,18). The molecule has 0 saturated carbocycles. The van der Waals surface area contributed by atoms with Crippen LogP contribution in [0.15, 0.2) is 12.1 Å². The monoisotopic (exact) mass is 292 g/mol. The molecule has 0 bridgehead atoms. The summed E-state index contributed by atoms with van der Waals surface area (Å²) >= 11 is 0. The van der Waals surface area contributed by atoms with Crippen LogP contribution in [-0.2, 0) is 0 Å². The van der Waals surface area contributed by atoms with Gasteiger partial charge in [-0.1, -0.05) is 6.92 Å². The highest BCUT2D eigenvalue weighted by Gasteiger charge is 2.26. The summed E-state index contributed by atoms with van der Waals surface area (Å²) in [4.78, 5) is 12.4. The second-order valence-corrected chi connectivity index (χ2v) is 4.66. The van der Waals surface area contributed by atoms with E-state index in [0.29, 0.717) is 23.7 Å². The van der Waals surface area contributed by atoms with Crippen molar-refractivity contribution in [1.29, 1.82) is 5.26 Å². The Bertz CT molecular complexity index is 566. The molecule has 0 aromatic heterocycles. The van der Waals surface area contributed by atoms with E-state index in [1.165, 1.54) is 27.4 Å². The Balaban J connectivity index is 3.23. The lowest BCUT2D eigenvalue weighted by Crippen LogP contribution is -2.44. The summed E-state index contributed by atoms with van der Waals surface area (Å²) in [5.41, 5.74) is -0.653. The van der Waals surface area contributed by atoms with Crippen LogP contribution < -0.4 is 19.5 Å². The zero-order valence-corrected chi connectivity index (χ0v) is 12.9. The zero-order chi connectivity index (χ0) is 16.0. The summed E-state index contributed by atoms with van der Waals surface area (Å²) in [6, 6.07) is 5.19. The molecule has 0 spiro atoms. The maximum Gasteiger partial charge on any atom is 0.256 e. The van der Waals surface area contributed by atoms with Crippen LogP contribution in [0, 0.1) is 11.3 Å². The number of amides is 1. The molecule has 1 aromatic rings. The van der Waals surface area contributed by atoms with Gasteiger partial charge in [0.2, 0.25) is 0 Å². The van der Waals surface area contributed by atoms with Gasteiger partial charge in [0.15, 0.2) is 11.5 Å². The molecule has 114 valence electrons. The number of nitrogens with one attached hydrogen (secondary N) is 1. The number of hydrogen-bond donors (Lipinski definition) is 1. The van der Waals surface area contributed by atoms with Crippen LogP contribution >= 0.6 is 0 Å². The van der Waals surface area contributed by atoms with Crippen molar-refractivity contribution in [2.45, 2.75) is 25.8 Å². The molecule has 1 aromatic carbocycles. The first-order valence-corrected chi connectivity index (χ1v) is 6.48. The molecule has 0 aliphatic heterocycles. The number of carbonyl (C=O) groups excluding carboxylic acids is 1. The third-order valence-corrected chi connectivity index (χ3v) is 3.29. The maximum absolute atomic E-state index is 12.4. The van der Waals surface area contributed by atoms with Gasteiger partial charge in [-0.25, -0.2) is 0 Å². The fourth-order valence-corrected chi connectivity index (χ4v) is 1.72. The topological polar surface area (TPSA) is 80.6 Å². The van der Waals surface area contributed by atoms with E-state index in [2.05, 4.69) is 11.4 Å². The molecule has 1 N–H and O–H groups in total. The quantitative estimate of drug-likeness (QED) is 0.868. The van der Waals surface area contributed by atoms with Crippen LogP contribution in [0.25, 0.3) is 0 Å². The number of hydrogen-bond acceptors (Lipinski definition) is 5. The minimum Gasteiger partial charge on any atom is -0.496 e. The Hall–Kier alpha value is -2.42. The smallest absolute Gasteiger partial charge is 0.256 e. The van der Waals surface area contributed by atoms with Gasteiger partial charge in [-0.05, 0) is 13.3 Å². The predicted octanol–water partition coefficient (Wildman–Crippen LogP) is 2.13. The molecular weight excluding hydrogens is 272 g/mol. The van der Waals surface area contributed by atoms with Crippen molar-refractivity contribution in [3.05, 3.63) is 17.7 Å². The fraction of sp³-hybridized carbons (Fsp3) is 0.467. The van der Waals surface area contributed by atoms with Crippen molar-refractivity contribution in [2.24, 2.45) is 0 Å². The van der Waals surface area contributed by atoms with Crippen molar-refractivity contribution >= 4 is 5.91 Å². The van der Waals surface area contributed by atoms with Gasteiger partial charge in [0.05, 0.1) is 33.0 Å². The van der Waals surface area contributed by atoms with E-state index < -0.39 is 11.4 Å². The average Bonchev–Trinajstić information content (AvgIpc) is 2.52. The van der Waals surface area contributed by atoms with Crippen LogP contribution in [0.5, 0.6) is 17.2 Å². The summed E-state index contributed by atoms with van der Waals surface area (Å²) < 4.78 is 15.6. The molecule has 0 aliphatic rings. The summed E-state index contributed by atoms with van der Waals surface area (Å²) in [7, 11) is 4.44. The minimum atomic E-state index is -0.935. The first-order chi connectivity index (χ1) is 9.94. The Morgan fingerprint density at radius 3 is 2.14 bits per heavy atom. The lowest BCUT2D eigenvalue weighted by atomic mass is 10.00. The van der Waals surface area contributed by atoms with Crippen LogP contribution in [0.4, 0.5) is 0 Å². The van der Waals surface area contributed by atoms with E-state index in [0.717, 1.165) is 0 Å². The van der Waals surface area contributed by atoms with Crippen LogP contribution in [-0.4, -0.2) is 32.8 Å². The van der Waals surface area contributed by atoms with Crippen LogP contribution in [0.2, 0.25) is 0 Å². The molecule has 1 atom stereocenters. The zero-order valence-electron chi connectivity index (χ0n) is 12.9. The summed E-state index contributed by atoms with van der Waals surface area (Å²) in [5.74, 6) is 0.822. The molecule has 21 heavy (non-hydrogen) atoms. The lowest BCUT2D eigenvalue weighted by Gasteiger charge is -2.22. The van der Waals surface area contributed by atoms with Crippen molar-refractivity contribution < 1.29 is 19.0 Å². The molecule has 1 amide bonds. The number of nitrogens with zero attached hydrogens (tertiary/aromatic N) is 1. The minimum absolute atomic E-state index is 0.282. The Kier molecular flexibility index (Phi) is 5.42. The average molecular weight is 292 g/mol. The van der Waals surface area contributed by atoms with Gasteiger partial charge in [0.1, 0.15) is 11.3 Å². The second kappa shape index (κ2) is 6.84. The number of carbonyl (C=O) groups is 1. The molecule has 0 fully saturated rings. The highest BCUT2D eigenvalue weighted by molar-refractivity contribution is 5.98. The van der Waals surface area contributed by atoms with Crippen molar-refractivity contribution in [3.8, 4) is 23.3 Å². The van der Waals surface area contributed by atoms with E-state index in [9.17, 15) is 4.79 Å². The molecule has 6 nitrogen and oxygen atoms in total. The Labute approximate surface area is 124 Å². The van der Waals surface area contributed by atoms with Gasteiger partial charge in [-0.3, -0.25) is 4.79 Å². The predicted molar refractivity (Wildman–Crippen MR) is 77.9 cm³/mol. The number of nitriles is 1. The largest absolute Gasteiger partial charge is 0.496 e. The van der Waals surface area contributed by atoms with Gasteiger partial charge in [0.25, 0.3) is 5.91 Å². The fourth-order valence-electron chi connectivity index (χ4n) is 1.72. The highest BCUT2D eigenvalue weighted by atomic mass is 16.5. The van der Waals surface area contributed by atoms with Gasteiger partial charge in [0, 0.05) is 12.1 Å². The lowest BCUT2D eigenvalue weighted by molar-refractivity contribution is 0.0919. The van der Waals surface area contributed by atoms with E-state index in [-0.39, 0.29) is 5.56 Å². The van der Waals surface area contributed by atoms with E-state index in [1.807, 2.05) is 6.92 Å². The van der Waals surface area contributed by atoms with Crippen molar-refractivity contribution in [1.82, 2.24) is 5.32 Å². The first kappa shape index (κ1) is 16.6. The second-order valence-electron chi connectivity index (χ2n) is 4.66. The molecule has 0 radical (unpaired) electrons. The molecule has 6 heteroatoms. The van der Waals surface area contributed by atoms with Gasteiger partial charge < -0.3 is 19.5 Å². The summed E-state index contributed by atoms with van der Waals surface area (Å²) in [5, 5.41) is 11.8. The molecular formula is C15H20N2O4. The van der Waals surface area contributed by atoms with Gasteiger partial charge in [-0.2, -0.15) is 5.26 Å². The van der Waals surface area contributed by atoms with Crippen LogP contribution in [0.1, 0.15) is 30.6 Å². The number of benzene rings is 1. The Morgan fingerprint density at radius 1 is 1.19 bits per heavy atom. The molecule has 1 rings (SSSR count). The number of methoxy groups -OCH3 is 3. The van der Waals surface area contributed by atoms with E-state index >= 15 is 0 Å². The van der Waals surface area contributed by atoms with Gasteiger partial charge in [-0.15, -0.1) is 0 Å². The third-order valence-electron chi connectivity index (χ3n) is 3.29. The van der Waals surface area contributed by atoms with E-state index in [1.54, 1.807) is 13.0 Å². The number of ether oxygens (including phenoxy) is 3. The molecule has 0 heterocycles. The molecule has 1 unspecified atom stereocenters. The summed E-state index contributed by atoms with van der Waals surface area (Å²) in [6.07, 6.45) is 0.491. The van der Waals surface area contributed by atoms with Crippen LogP contribution in [0.3, 0.4) is 0 Å². The van der Waals surface area contributed by atoms with Crippen molar-refractivity contribution in [2.75, 3.05) is 21.3 Å². The highest BCUT2D eigenvalue weighted by Crippen LogP contribution is 2.34. The third kappa shape index (κ3) is 3.57. The molecule has 0 saturated heterocycles. The maximum atomic E-state index is 12.4. The SMILES string of the molecule is CCC(C)(C#N)NC(=O)c1cc(OC)c(OC)cc1OC. The summed E-state index contributed by atoms with van der Waals surface area (Å²) in [6.45, 7) is 3.49. The van der Waals surface area contributed by atoms with E-state index in [4.69, 9.17) is 19.5 Å². The Morgan fingerprint density at radius 2 is 1.71 bits per heavy atom. The normalized spacial score (nSPS) is 12.8. The number of rotatable bonds is 6.